The van der Waals surface area contributed by atoms with Crippen molar-refractivity contribution in [3.8, 4) is 0 Å². The van der Waals surface area contributed by atoms with E-state index in [9.17, 15) is 4.79 Å². The first-order valence-corrected chi connectivity index (χ1v) is 7.26. The Balaban J connectivity index is 4.13. The van der Waals surface area contributed by atoms with Crippen LogP contribution >= 0.6 is 0 Å². The summed E-state index contributed by atoms with van der Waals surface area (Å²) in [4.78, 5) is 11.9. The highest BCUT2D eigenvalue weighted by Gasteiger charge is 2.25. The molecule has 0 rings (SSSR count). The van der Waals surface area contributed by atoms with Gasteiger partial charge in [-0.3, -0.25) is 4.79 Å². The topological polar surface area (TPSA) is 50.4 Å². The van der Waals surface area contributed by atoms with E-state index < -0.39 is 0 Å². The highest BCUT2D eigenvalue weighted by atomic mass is 16.5. The molecule has 0 spiro atoms. The van der Waals surface area contributed by atoms with Crippen LogP contribution in [0, 0.1) is 11.3 Å². The molecule has 0 aliphatic heterocycles. The van der Waals surface area contributed by atoms with Gasteiger partial charge in [0.25, 0.3) is 0 Å². The second-order valence-corrected chi connectivity index (χ2v) is 6.63. The van der Waals surface area contributed by atoms with Gasteiger partial charge in [-0.1, -0.05) is 34.6 Å². The molecule has 0 aliphatic rings. The SMILES string of the molecule is COCCNCC(=O)NC(CCC(C)C)C(C)(C)C. The normalized spacial score (nSPS) is 13.6. The summed E-state index contributed by atoms with van der Waals surface area (Å²) in [7, 11) is 1.66. The van der Waals surface area contributed by atoms with Crippen molar-refractivity contribution in [3.05, 3.63) is 0 Å². The maximum Gasteiger partial charge on any atom is 0.234 e. The predicted octanol–water partition coefficient (Wildman–Crippen LogP) is 2.19. The van der Waals surface area contributed by atoms with E-state index in [2.05, 4.69) is 45.3 Å². The molecule has 4 heteroatoms. The summed E-state index contributed by atoms with van der Waals surface area (Å²) in [6.07, 6.45) is 2.17. The molecular formula is C15H32N2O2. The number of amides is 1. The fourth-order valence-corrected chi connectivity index (χ4v) is 1.84. The minimum Gasteiger partial charge on any atom is -0.383 e. The highest BCUT2D eigenvalue weighted by molar-refractivity contribution is 5.78. The van der Waals surface area contributed by atoms with Gasteiger partial charge in [-0.2, -0.15) is 0 Å². The number of hydrogen-bond donors (Lipinski definition) is 2. The molecule has 0 aliphatic carbocycles. The van der Waals surface area contributed by atoms with E-state index in [0.29, 0.717) is 25.6 Å². The highest BCUT2D eigenvalue weighted by Crippen LogP contribution is 2.24. The second-order valence-electron chi connectivity index (χ2n) is 6.63. The lowest BCUT2D eigenvalue weighted by Crippen LogP contribution is -2.47. The Labute approximate surface area is 118 Å². The quantitative estimate of drug-likeness (QED) is 0.633. The van der Waals surface area contributed by atoms with Crippen molar-refractivity contribution in [2.45, 2.75) is 53.5 Å². The zero-order chi connectivity index (χ0) is 14.9. The minimum atomic E-state index is 0.0692. The molecule has 1 atom stereocenters. The van der Waals surface area contributed by atoms with Gasteiger partial charge >= 0.3 is 0 Å². The van der Waals surface area contributed by atoms with Gasteiger partial charge in [0.2, 0.25) is 5.91 Å². The number of rotatable bonds is 9. The van der Waals surface area contributed by atoms with E-state index in [1.807, 2.05) is 0 Å². The van der Waals surface area contributed by atoms with Crippen molar-refractivity contribution in [2.24, 2.45) is 11.3 Å². The first kappa shape index (κ1) is 18.4. The molecule has 0 bridgehead atoms. The Morgan fingerprint density at radius 2 is 1.84 bits per heavy atom. The largest absolute Gasteiger partial charge is 0.383 e. The Morgan fingerprint density at radius 1 is 1.21 bits per heavy atom. The molecule has 0 saturated carbocycles. The maximum atomic E-state index is 11.9. The lowest BCUT2D eigenvalue weighted by molar-refractivity contribution is -0.121. The van der Waals surface area contributed by atoms with Crippen LogP contribution in [0.4, 0.5) is 0 Å². The van der Waals surface area contributed by atoms with Crippen LogP contribution < -0.4 is 10.6 Å². The van der Waals surface area contributed by atoms with Crippen LogP contribution in [0.25, 0.3) is 0 Å². The van der Waals surface area contributed by atoms with Crippen LogP contribution in [0.3, 0.4) is 0 Å². The van der Waals surface area contributed by atoms with Gasteiger partial charge in [0.05, 0.1) is 13.2 Å². The smallest absolute Gasteiger partial charge is 0.234 e. The van der Waals surface area contributed by atoms with Crippen LogP contribution in [0.1, 0.15) is 47.5 Å². The van der Waals surface area contributed by atoms with Gasteiger partial charge in [0.1, 0.15) is 0 Å². The van der Waals surface area contributed by atoms with Crippen molar-refractivity contribution >= 4 is 5.91 Å². The van der Waals surface area contributed by atoms with E-state index in [1.54, 1.807) is 7.11 Å². The maximum absolute atomic E-state index is 11.9. The summed E-state index contributed by atoms with van der Waals surface area (Å²) in [5.41, 5.74) is 0.0943. The number of ether oxygens (including phenoxy) is 1. The summed E-state index contributed by atoms with van der Waals surface area (Å²) in [5, 5.41) is 6.22. The van der Waals surface area contributed by atoms with Crippen molar-refractivity contribution in [1.82, 2.24) is 10.6 Å². The van der Waals surface area contributed by atoms with Gasteiger partial charge in [0, 0.05) is 19.7 Å². The summed E-state index contributed by atoms with van der Waals surface area (Å²) in [5.74, 6) is 0.737. The van der Waals surface area contributed by atoms with Crippen molar-refractivity contribution < 1.29 is 9.53 Å². The van der Waals surface area contributed by atoms with Crippen molar-refractivity contribution in [1.29, 1.82) is 0 Å². The van der Waals surface area contributed by atoms with Crippen molar-refractivity contribution in [2.75, 3.05) is 26.8 Å². The van der Waals surface area contributed by atoms with E-state index in [4.69, 9.17) is 4.74 Å². The van der Waals surface area contributed by atoms with Gasteiger partial charge in [0.15, 0.2) is 0 Å². The van der Waals surface area contributed by atoms with Gasteiger partial charge in [-0.15, -0.1) is 0 Å². The number of hydrogen-bond acceptors (Lipinski definition) is 3. The Bertz CT molecular complexity index is 247. The fraction of sp³-hybridized carbons (Fsp3) is 0.933. The number of carbonyl (C=O) groups is 1. The third-order valence-corrected chi connectivity index (χ3v) is 3.18. The number of carbonyl (C=O) groups excluding carboxylic acids is 1. The molecule has 0 aromatic carbocycles. The standard InChI is InChI=1S/C15H32N2O2/c1-12(2)7-8-13(15(3,4)5)17-14(18)11-16-9-10-19-6/h12-13,16H,7-11H2,1-6H3,(H,17,18). The molecule has 1 unspecified atom stereocenters. The van der Waals surface area contributed by atoms with Gasteiger partial charge in [-0.05, 0) is 24.2 Å². The summed E-state index contributed by atoms with van der Waals surface area (Å²) < 4.78 is 4.93. The van der Waals surface area contributed by atoms with Crippen LogP contribution in [0.15, 0.2) is 0 Å². The molecular weight excluding hydrogens is 240 g/mol. The Hall–Kier alpha value is -0.610. The average molecular weight is 272 g/mol. The van der Waals surface area contributed by atoms with Crippen LogP contribution in [0.2, 0.25) is 0 Å². The zero-order valence-corrected chi connectivity index (χ0v) is 13.5. The van der Waals surface area contributed by atoms with Crippen LogP contribution in [-0.2, 0) is 9.53 Å². The third kappa shape index (κ3) is 9.91. The van der Waals surface area contributed by atoms with E-state index >= 15 is 0 Å². The number of nitrogens with one attached hydrogen (secondary N) is 2. The molecule has 0 aromatic rings. The van der Waals surface area contributed by atoms with E-state index in [1.165, 1.54) is 0 Å². The number of methoxy groups -OCH3 is 1. The molecule has 0 aromatic heterocycles. The second kappa shape index (κ2) is 9.32. The lowest BCUT2D eigenvalue weighted by atomic mass is 9.83. The lowest BCUT2D eigenvalue weighted by Gasteiger charge is -2.32. The Morgan fingerprint density at radius 3 is 2.32 bits per heavy atom. The first-order chi connectivity index (χ1) is 8.77. The molecule has 114 valence electrons. The van der Waals surface area contributed by atoms with Gasteiger partial charge in [-0.25, -0.2) is 0 Å². The molecule has 2 N–H and O–H groups in total. The van der Waals surface area contributed by atoms with Crippen LogP contribution in [-0.4, -0.2) is 38.8 Å². The monoisotopic (exact) mass is 272 g/mol. The van der Waals surface area contributed by atoms with Gasteiger partial charge < -0.3 is 15.4 Å². The molecule has 0 heterocycles. The van der Waals surface area contributed by atoms with Crippen molar-refractivity contribution in [3.63, 3.8) is 0 Å². The summed E-state index contributed by atoms with van der Waals surface area (Å²) in [6, 6.07) is 0.228. The summed E-state index contributed by atoms with van der Waals surface area (Å²) >= 11 is 0. The van der Waals surface area contributed by atoms with Crippen LogP contribution in [0.5, 0.6) is 0 Å². The van der Waals surface area contributed by atoms with E-state index in [0.717, 1.165) is 12.8 Å². The molecule has 0 saturated heterocycles. The first-order valence-electron chi connectivity index (χ1n) is 7.26. The summed E-state index contributed by atoms with van der Waals surface area (Å²) in [6.45, 7) is 12.7. The zero-order valence-electron chi connectivity index (χ0n) is 13.5. The minimum absolute atomic E-state index is 0.0692. The average Bonchev–Trinajstić information content (AvgIpc) is 2.28. The molecule has 1 amide bonds. The third-order valence-electron chi connectivity index (χ3n) is 3.18. The Kier molecular flexibility index (Phi) is 9.02. The molecule has 0 fully saturated rings. The fourth-order valence-electron chi connectivity index (χ4n) is 1.84. The molecule has 0 radical (unpaired) electrons. The molecule has 4 nitrogen and oxygen atoms in total. The van der Waals surface area contributed by atoms with E-state index in [-0.39, 0.29) is 17.4 Å². The predicted molar refractivity (Wildman–Crippen MR) is 80.2 cm³/mol. The molecule has 19 heavy (non-hydrogen) atoms.